The van der Waals surface area contributed by atoms with E-state index in [1.807, 2.05) is 19.9 Å². The van der Waals surface area contributed by atoms with Crippen LogP contribution in [0.25, 0.3) is 0 Å². The van der Waals surface area contributed by atoms with Crippen LogP contribution in [0.5, 0.6) is 0 Å². The highest BCUT2D eigenvalue weighted by Gasteiger charge is 2.23. The van der Waals surface area contributed by atoms with Gasteiger partial charge in [-0.1, -0.05) is 32.0 Å². The third-order valence-electron chi connectivity index (χ3n) is 4.90. The minimum atomic E-state index is -3.70. The number of nitrogens with zero attached hydrogens (tertiary/aromatic N) is 1. The van der Waals surface area contributed by atoms with Crippen LogP contribution in [0.15, 0.2) is 59.5 Å². The van der Waals surface area contributed by atoms with E-state index in [1.54, 1.807) is 24.3 Å². The minimum absolute atomic E-state index is 0. The molecule has 0 atom stereocenters. The molecule has 0 fully saturated rings. The van der Waals surface area contributed by atoms with Gasteiger partial charge in [0.05, 0.1) is 10.6 Å². The van der Waals surface area contributed by atoms with Gasteiger partial charge in [0.15, 0.2) is 0 Å². The molecule has 0 aliphatic rings. The van der Waals surface area contributed by atoms with Crippen molar-refractivity contribution in [1.29, 1.82) is 0 Å². The molecule has 0 aliphatic heterocycles. The van der Waals surface area contributed by atoms with Crippen LogP contribution in [0.4, 0.5) is 5.69 Å². The van der Waals surface area contributed by atoms with E-state index < -0.39 is 15.6 Å². The zero-order chi connectivity index (χ0) is 20.1. The SMILES string of the molecule is CCC(N)(CC)CNC(=O)c1ccc(S(=O)(=O)N(C)c2ccccc2)cc1.Cl. The molecule has 0 heterocycles. The Morgan fingerprint density at radius 2 is 1.57 bits per heavy atom. The summed E-state index contributed by atoms with van der Waals surface area (Å²) >= 11 is 0. The van der Waals surface area contributed by atoms with E-state index in [2.05, 4.69) is 5.32 Å². The van der Waals surface area contributed by atoms with Crippen molar-refractivity contribution in [2.75, 3.05) is 17.9 Å². The molecule has 2 aromatic carbocycles. The average Bonchev–Trinajstić information content (AvgIpc) is 2.71. The van der Waals surface area contributed by atoms with Crippen molar-refractivity contribution in [3.05, 3.63) is 60.2 Å². The van der Waals surface area contributed by atoms with Gasteiger partial charge in [-0.15, -0.1) is 12.4 Å². The Balaban J connectivity index is 0.00000392. The molecule has 0 spiro atoms. The van der Waals surface area contributed by atoms with E-state index in [-0.39, 0.29) is 23.2 Å². The van der Waals surface area contributed by atoms with Gasteiger partial charge < -0.3 is 11.1 Å². The highest BCUT2D eigenvalue weighted by Crippen LogP contribution is 2.22. The largest absolute Gasteiger partial charge is 0.350 e. The molecular formula is C20H28ClN3O3S. The Labute approximate surface area is 173 Å². The van der Waals surface area contributed by atoms with Crippen molar-refractivity contribution >= 4 is 34.0 Å². The number of hydrogen-bond donors (Lipinski definition) is 2. The fourth-order valence-electron chi connectivity index (χ4n) is 2.57. The summed E-state index contributed by atoms with van der Waals surface area (Å²) < 4.78 is 26.7. The molecule has 2 rings (SSSR count). The minimum Gasteiger partial charge on any atom is -0.350 e. The lowest BCUT2D eigenvalue weighted by molar-refractivity contribution is 0.0942. The second-order valence-electron chi connectivity index (χ2n) is 6.58. The lowest BCUT2D eigenvalue weighted by Crippen LogP contribution is -2.49. The van der Waals surface area contributed by atoms with Crippen molar-refractivity contribution < 1.29 is 13.2 Å². The maximum absolute atomic E-state index is 12.8. The van der Waals surface area contributed by atoms with E-state index in [0.717, 1.165) is 12.8 Å². The summed E-state index contributed by atoms with van der Waals surface area (Å²) in [5.41, 5.74) is 6.72. The molecule has 8 heteroatoms. The maximum atomic E-state index is 12.8. The quantitative estimate of drug-likeness (QED) is 0.679. The number of rotatable bonds is 8. The highest BCUT2D eigenvalue weighted by molar-refractivity contribution is 7.92. The molecule has 28 heavy (non-hydrogen) atoms. The lowest BCUT2D eigenvalue weighted by Gasteiger charge is -2.26. The Kier molecular flexibility index (Phi) is 8.48. The fraction of sp³-hybridized carbons (Fsp3) is 0.350. The smallest absolute Gasteiger partial charge is 0.264 e. The van der Waals surface area contributed by atoms with E-state index in [9.17, 15) is 13.2 Å². The number of benzene rings is 2. The third-order valence-corrected chi connectivity index (χ3v) is 6.70. The van der Waals surface area contributed by atoms with Crippen LogP contribution >= 0.6 is 12.4 Å². The number of hydrogen-bond acceptors (Lipinski definition) is 4. The maximum Gasteiger partial charge on any atom is 0.264 e. The van der Waals surface area contributed by atoms with Gasteiger partial charge in [0.25, 0.3) is 15.9 Å². The van der Waals surface area contributed by atoms with Crippen LogP contribution in [-0.2, 0) is 10.0 Å². The van der Waals surface area contributed by atoms with Gasteiger partial charge in [0, 0.05) is 24.7 Å². The van der Waals surface area contributed by atoms with Gasteiger partial charge in [-0.25, -0.2) is 8.42 Å². The Morgan fingerprint density at radius 1 is 1.04 bits per heavy atom. The van der Waals surface area contributed by atoms with Crippen LogP contribution < -0.4 is 15.4 Å². The van der Waals surface area contributed by atoms with Crippen molar-refractivity contribution in [2.24, 2.45) is 5.73 Å². The molecule has 6 nitrogen and oxygen atoms in total. The fourth-order valence-corrected chi connectivity index (χ4v) is 3.77. The van der Waals surface area contributed by atoms with Crippen LogP contribution in [0, 0.1) is 0 Å². The molecule has 0 saturated carbocycles. The average molecular weight is 426 g/mol. The van der Waals surface area contributed by atoms with Crippen molar-refractivity contribution in [3.63, 3.8) is 0 Å². The molecule has 1 amide bonds. The summed E-state index contributed by atoms with van der Waals surface area (Å²) in [6.45, 7) is 4.34. The van der Waals surface area contributed by atoms with Gasteiger partial charge >= 0.3 is 0 Å². The summed E-state index contributed by atoms with van der Waals surface area (Å²) in [6, 6.07) is 14.7. The van der Waals surface area contributed by atoms with Gasteiger partial charge in [0.1, 0.15) is 0 Å². The van der Waals surface area contributed by atoms with E-state index in [4.69, 9.17) is 5.73 Å². The Hall–Kier alpha value is -2.09. The number of sulfonamides is 1. The number of amides is 1. The topological polar surface area (TPSA) is 92.5 Å². The van der Waals surface area contributed by atoms with Gasteiger partial charge in [-0.3, -0.25) is 9.10 Å². The van der Waals surface area contributed by atoms with E-state index >= 15 is 0 Å². The van der Waals surface area contributed by atoms with Crippen LogP contribution in [-0.4, -0.2) is 33.5 Å². The van der Waals surface area contributed by atoms with Crippen LogP contribution in [0.3, 0.4) is 0 Å². The number of carbonyl (C=O) groups is 1. The van der Waals surface area contributed by atoms with E-state index in [0.29, 0.717) is 17.8 Å². The molecule has 0 unspecified atom stereocenters. The van der Waals surface area contributed by atoms with Crippen molar-refractivity contribution in [1.82, 2.24) is 5.32 Å². The zero-order valence-electron chi connectivity index (χ0n) is 16.4. The highest BCUT2D eigenvalue weighted by atomic mass is 35.5. The van der Waals surface area contributed by atoms with Crippen molar-refractivity contribution in [3.8, 4) is 0 Å². The normalized spacial score (nSPS) is 11.4. The molecule has 0 aliphatic carbocycles. The Bertz CT molecular complexity index is 867. The molecule has 0 saturated heterocycles. The number of anilines is 1. The third kappa shape index (κ3) is 5.47. The number of halogens is 1. The van der Waals surface area contributed by atoms with Crippen molar-refractivity contribution in [2.45, 2.75) is 37.1 Å². The number of nitrogens with two attached hydrogens (primary N) is 1. The van der Waals surface area contributed by atoms with Gasteiger partial charge in [0.2, 0.25) is 0 Å². The molecular weight excluding hydrogens is 398 g/mol. The predicted octanol–water partition coefficient (Wildman–Crippen LogP) is 3.18. The van der Waals surface area contributed by atoms with Crippen LogP contribution in [0.1, 0.15) is 37.0 Å². The summed E-state index contributed by atoms with van der Waals surface area (Å²) in [7, 11) is -2.19. The molecule has 0 radical (unpaired) electrons. The number of para-hydroxylation sites is 1. The zero-order valence-corrected chi connectivity index (χ0v) is 18.0. The van der Waals surface area contributed by atoms with Gasteiger partial charge in [-0.2, -0.15) is 0 Å². The number of nitrogens with one attached hydrogen (secondary N) is 1. The first-order valence-corrected chi connectivity index (χ1v) is 10.4. The molecule has 0 bridgehead atoms. The number of carbonyl (C=O) groups excluding carboxylic acids is 1. The Morgan fingerprint density at radius 3 is 2.07 bits per heavy atom. The molecule has 3 N–H and O–H groups in total. The predicted molar refractivity (Wildman–Crippen MR) is 116 cm³/mol. The molecule has 154 valence electrons. The summed E-state index contributed by atoms with van der Waals surface area (Å²) in [5, 5.41) is 2.82. The molecule has 2 aromatic rings. The monoisotopic (exact) mass is 425 g/mol. The standard InChI is InChI=1S/C20H27N3O3S.ClH/c1-4-20(21,5-2)15-22-19(24)16-11-13-18(14-12-16)27(25,26)23(3)17-9-7-6-8-10-17;/h6-14H,4-5,15,21H2,1-3H3,(H,22,24);1H. The lowest BCUT2D eigenvalue weighted by atomic mass is 9.94. The summed E-state index contributed by atoms with van der Waals surface area (Å²) in [5.74, 6) is -0.271. The summed E-state index contributed by atoms with van der Waals surface area (Å²) in [4.78, 5) is 12.4. The van der Waals surface area contributed by atoms with Crippen LogP contribution in [0.2, 0.25) is 0 Å². The second kappa shape index (κ2) is 9.91. The summed E-state index contributed by atoms with van der Waals surface area (Å²) in [6.07, 6.45) is 1.51. The second-order valence-corrected chi connectivity index (χ2v) is 8.55. The first-order valence-electron chi connectivity index (χ1n) is 8.94. The first-order chi connectivity index (χ1) is 12.7. The van der Waals surface area contributed by atoms with E-state index in [1.165, 1.54) is 35.6 Å². The van der Waals surface area contributed by atoms with Gasteiger partial charge in [-0.05, 0) is 49.2 Å². The molecule has 0 aromatic heterocycles. The first kappa shape index (κ1) is 23.9.